The minimum atomic E-state index is -0.00852. The van der Waals surface area contributed by atoms with E-state index in [1.807, 2.05) is 30.9 Å². The molecule has 0 saturated carbocycles. The summed E-state index contributed by atoms with van der Waals surface area (Å²) >= 11 is 0. The number of hydrazine groups is 1. The molecule has 5 atom stereocenters. The lowest BCUT2D eigenvalue weighted by Gasteiger charge is -2.21. The van der Waals surface area contributed by atoms with Crippen molar-refractivity contribution in [2.75, 3.05) is 0 Å². The van der Waals surface area contributed by atoms with Gasteiger partial charge in [0.25, 0.3) is 0 Å². The van der Waals surface area contributed by atoms with Crippen molar-refractivity contribution in [1.82, 2.24) is 29.9 Å². The monoisotopic (exact) mass is 748 g/mol. The van der Waals surface area contributed by atoms with Gasteiger partial charge in [-0.05, 0) is 88.0 Å². The third-order valence-corrected chi connectivity index (χ3v) is 11.9. The first-order valence-corrected chi connectivity index (χ1v) is 19.7. The Morgan fingerprint density at radius 2 is 1.03 bits per heavy atom. The van der Waals surface area contributed by atoms with Crippen LogP contribution in [0.15, 0.2) is 199 Å². The van der Waals surface area contributed by atoms with E-state index in [-0.39, 0.29) is 18.5 Å². The maximum atomic E-state index is 7.00. The molecule has 0 aliphatic carbocycles. The van der Waals surface area contributed by atoms with Crippen molar-refractivity contribution in [3.63, 3.8) is 0 Å². The molecule has 0 radical (unpaired) electrons. The zero-order valence-electron chi connectivity index (χ0n) is 31.4. The molecule has 1 N–H and O–H groups in total. The van der Waals surface area contributed by atoms with Gasteiger partial charge in [-0.3, -0.25) is 15.3 Å². The third kappa shape index (κ3) is 5.18. The highest BCUT2D eigenvalue weighted by atomic mass is 16.3. The lowest BCUT2D eigenvalue weighted by Crippen LogP contribution is -2.27. The molecule has 6 aromatic carbocycles. The average molecular weight is 749 g/mol. The second-order valence-corrected chi connectivity index (χ2v) is 15.1. The quantitative estimate of drug-likeness (QED) is 0.164. The molecule has 4 aromatic heterocycles. The number of benzene rings is 6. The van der Waals surface area contributed by atoms with Crippen molar-refractivity contribution in [1.29, 1.82) is 0 Å². The summed E-state index contributed by atoms with van der Waals surface area (Å²) in [5, 5.41) is 12.2. The Hall–Kier alpha value is -7.16. The summed E-state index contributed by atoms with van der Waals surface area (Å²) in [5.74, 6) is 0.886. The van der Waals surface area contributed by atoms with Crippen LogP contribution in [0.2, 0.25) is 0 Å². The summed E-state index contributed by atoms with van der Waals surface area (Å²) in [6.45, 7) is 0. The fourth-order valence-corrected chi connectivity index (χ4v) is 9.17. The van der Waals surface area contributed by atoms with E-state index in [2.05, 4.69) is 194 Å². The minimum Gasteiger partial charge on any atom is -0.455 e. The van der Waals surface area contributed by atoms with Gasteiger partial charge in [-0.2, -0.15) is 10.0 Å². The van der Waals surface area contributed by atoms with Crippen LogP contribution in [0.25, 0.3) is 72.0 Å². The normalized spacial score (nSPS) is 19.8. The fraction of sp³-hybridized carbons (Fsp3) is 0.0588. The van der Waals surface area contributed by atoms with Gasteiger partial charge in [0, 0.05) is 52.4 Å². The number of aromatic nitrogens is 3. The van der Waals surface area contributed by atoms with Crippen molar-refractivity contribution in [2.24, 2.45) is 0 Å². The van der Waals surface area contributed by atoms with Gasteiger partial charge < -0.3 is 8.98 Å². The minimum absolute atomic E-state index is 0.00852. The Kier molecular flexibility index (Phi) is 7.53. The molecule has 2 aliphatic heterocycles. The van der Waals surface area contributed by atoms with Crippen LogP contribution in [0.1, 0.15) is 35.2 Å². The summed E-state index contributed by atoms with van der Waals surface area (Å²) in [4.78, 5) is 8.49. The molecule has 10 aromatic rings. The van der Waals surface area contributed by atoms with Crippen LogP contribution in [0, 0.1) is 0 Å². The van der Waals surface area contributed by atoms with Crippen LogP contribution in [-0.2, 0) is 0 Å². The number of nitrogens with one attached hydrogen (secondary N) is 1. The Balaban J connectivity index is 0.942. The molecule has 0 amide bonds. The Morgan fingerprint density at radius 3 is 1.74 bits per heavy atom. The molecule has 0 spiro atoms. The van der Waals surface area contributed by atoms with Crippen LogP contribution in [0.5, 0.6) is 0 Å². The Labute approximate surface area is 335 Å². The van der Waals surface area contributed by atoms with Gasteiger partial charge in [0.1, 0.15) is 29.8 Å². The smallest absolute Gasteiger partial charge is 0.145 e. The predicted octanol–water partition coefficient (Wildman–Crippen LogP) is 11.9. The van der Waals surface area contributed by atoms with Gasteiger partial charge in [0.2, 0.25) is 0 Å². The molecule has 58 heavy (non-hydrogen) atoms. The topological polar surface area (TPSA) is 61.9 Å². The van der Waals surface area contributed by atoms with E-state index in [9.17, 15) is 0 Å². The van der Waals surface area contributed by atoms with Crippen molar-refractivity contribution in [2.45, 2.75) is 18.5 Å². The SMILES string of the molecule is c1ccc(-c2oc3c(ccc4c3c3ccccc3n4-c3ccc(C4NC(c5ccncc5)N5C(c6ccc(-c7ccncc7)cc6)N45)cc3)c2-c2ccccc2)cc1. The number of pyridine rings is 2. The molecule has 2 saturated heterocycles. The maximum Gasteiger partial charge on any atom is 0.145 e. The zero-order valence-corrected chi connectivity index (χ0v) is 31.4. The summed E-state index contributed by atoms with van der Waals surface area (Å²) in [7, 11) is 0. The van der Waals surface area contributed by atoms with E-state index in [0.29, 0.717) is 0 Å². The van der Waals surface area contributed by atoms with Gasteiger partial charge in [-0.25, -0.2) is 0 Å². The lowest BCUT2D eigenvalue weighted by molar-refractivity contribution is 0.314. The highest BCUT2D eigenvalue weighted by molar-refractivity contribution is 6.22. The first kappa shape index (κ1) is 33.0. The number of fused-ring (bicyclic) bond motifs is 6. The molecular formula is C51H36N6O. The van der Waals surface area contributed by atoms with Crippen LogP contribution in [0.3, 0.4) is 0 Å². The lowest BCUT2D eigenvalue weighted by atomic mass is 9.98. The van der Waals surface area contributed by atoms with Crippen molar-refractivity contribution >= 4 is 32.8 Å². The fourth-order valence-electron chi connectivity index (χ4n) is 9.17. The third-order valence-electron chi connectivity index (χ3n) is 11.9. The van der Waals surface area contributed by atoms with Crippen molar-refractivity contribution < 1.29 is 4.42 Å². The number of furan rings is 1. The molecule has 276 valence electrons. The molecule has 7 nitrogen and oxygen atoms in total. The van der Waals surface area contributed by atoms with Crippen LogP contribution >= 0.6 is 0 Å². The molecule has 6 heterocycles. The van der Waals surface area contributed by atoms with Crippen molar-refractivity contribution in [3.8, 4) is 39.3 Å². The van der Waals surface area contributed by atoms with E-state index in [1.54, 1.807) is 0 Å². The molecular weight excluding hydrogens is 713 g/mol. The van der Waals surface area contributed by atoms with Crippen molar-refractivity contribution in [3.05, 3.63) is 211 Å². The van der Waals surface area contributed by atoms with Gasteiger partial charge in [-0.15, -0.1) is 0 Å². The second-order valence-electron chi connectivity index (χ2n) is 15.1. The molecule has 5 unspecified atom stereocenters. The van der Waals surface area contributed by atoms with E-state index in [4.69, 9.17) is 4.42 Å². The largest absolute Gasteiger partial charge is 0.455 e. The molecule has 2 aliphatic rings. The number of rotatable bonds is 7. The summed E-state index contributed by atoms with van der Waals surface area (Å²) in [5.41, 5.74) is 13.6. The van der Waals surface area contributed by atoms with Gasteiger partial charge >= 0.3 is 0 Å². The van der Waals surface area contributed by atoms with Gasteiger partial charge in [0.15, 0.2) is 0 Å². The number of nitrogens with zero attached hydrogens (tertiary/aromatic N) is 5. The maximum absolute atomic E-state index is 7.00. The Bertz CT molecular complexity index is 3090. The van der Waals surface area contributed by atoms with Gasteiger partial charge in [-0.1, -0.05) is 115 Å². The highest BCUT2D eigenvalue weighted by Crippen LogP contribution is 2.57. The van der Waals surface area contributed by atoms with Crippen LogP contribution in [-0.4, -0.2) is 24.6 Å². The Morgan fingerprint density at radius 1 is 0.448 bits per heavy atom. The van der Waals surface area contributed by atoms with E-state index < -0.39 is 0 Å². The molecule has 12 rings (SSSR count). The number of hydrogen-bond acceptors (Lipinski definition) is 6. The van der Waals surface area contributed by atoms with E-state index >= 15 is 0 Å². The predicted molar refractivity (Wildman–Crippen MR) is 230 cm³/mol. The molecule has 2 fully saturated rings. The first-order valence-electron chi connectivity index (χ1n) is 19.7. The second kappa shape index (κ2) is 13.2. The van der Waals surface area contributed by atoms with Gasteiger partial charge in [0.05, 0.1) is 16.4 Å². The molecule has 7 heteroatoms. The standard InChI is InChI=1S/C51H36N6O/c1-3-9-35(10-4-1)45-42-23-24-44-46(48(42)58-47(45)36-11-5-2-6-12-36)41-13-7-8-14-43(41)55(44)40-21-19-37(20-22-40)49-54-50(38-27-31-53-32-28-38)57-51(56(49)57)39-17-15-33(16-18-39)34-25-29-52-30-26-34/h1-32,49-51,54H. The van der Waals surface area contributed by atoms with Crippen LogP contribution in [0.4, 0.5) is 0 Å². The average Bonchev–Trinajstić information content (AvgIpc) is 3.54. The first-order chi connectivity index (χ1) is 28.8. The number of para-hydroxylation sites is 1. The van der Waals surface area contributed by atoms with E-state index in [1.165, 1.54) is 22.3 Å². The summed E-state index contributed by atoms with van der Waals surface area (Å²) < 4.78 is 9.37. The summed E-state index contributed by atoms with van der Waals surface area (Å²) in [6.07, 6.45) is 7.59. The highest BCUT2D eigenvalue weighted by Gasteiger charge is 2.60. The van der Waals surface area contributed by atoms with E-state index in [0.717, 1.165) is 66.5 Å². The number of hydrogen-bond donors (Lipinski definition) is 1. The summed E-state index contributed by atoms with van der Waals surface area (Å²) in [6, 6.07) is 60.5. The van der Waals surface area contributed by atoms with Crippen LogP contribution < -0.4 is 5.32 Å². The molecule has 0 bridgehead atoms. The zero-order chi connectivity index (χ0) is 38.2.